The summed E-state index contributed by atoms with van der Waals surface area (Å²) in [6, 6.07) is 47.4. The molecule has 4 atom stereocenters. The first-order chi connectivity index (χ1) is 24.7. The van der Waals surface area contributed by atoms with Crippen molar-refractivity contribution in [3.63, 3.8) is 0 Å². The number of para-hydroxylation sites is 2. The van der Waals surface area contributed by atoms with Gasteiger partial charge < -0.3 is 14.4 Å². The SMILES string of the molecule is O=P(c1ccccc1)(c1ccc(C2=NC3C=CC=CC3N2c2ccccc2)cc1)c1ccc(C2=NC3C=CC=CC3N2c2ccccc2)cc1. The van der Waals surface area contributed by atoms with Gasteiger partial charge in [-0.25, -0.2) is 0 Å². The summed E-state index contributed by atoms with van der Waals surface area (Å²) in [5.41, 5.74) is 4.19. The molecule has 0 saturated carbocycles. The van der Waals surface area contributed by atoms with Gasteiger partial charge in [-0.1, -0.05) is 164 Å². The molecule has 2 aliphatic heterocycles. The third-order valence-corrected chi connectivity index (χ3v) is 13.0. The van der Waals surface area contributed by atoms with Crippen LogP contribution in [0.5, 0.6) is 0 Å². The van der Waals surface area contributed by atoms with Gasteiger partial charge in [0.05, 0.1) is 24.2 Å². The van der Waals surface area contributed by atoms with Crippen molar-refractivity contribution in [2.45, 2.75) is 24.2 Å². The molecule has 0 radical (unpaired) electrons. The molecule has 9 rings (SSSR count). The largest absolute Gasteiger partial charge is 0.317 e. The Morgan fingerprint density at radius 2 is 0.780 bits per heavy atom. The molecule has 0 amide bonds. The van der Waals surface area contributed by atoms with E-state index in [4.69, 9.17) is 9.98 Å². The van der Waals surface area contributed by atoms with Gasteiger partial charge in [-0.15, -0.1) is 0 Å². The molecule has 0 fully saturated rings. The van der Waals surface area contributed by atoms with Crippen molar-refractivity contribution in [2.75, 3.05) is 9.80 Å². The fourth-order valence-electron chi connectivity index (χ4n) is 7.49. The van der Waals surface area contributed by atoms with Crippen LogP contribution in [0.15, 0.2) is 198 Å². The Morgan fingerprint density at radius 1 is 0.420 bits per heavy atom. The predicted octanol–water partition coefficient (Wildman–Crippen LogP) is 7.59. The Hall–Kier alpha value is -5.77. The van der Waals surface area contributed by atoms with Crippen LogP contribution in [0.2, 0.25) is 0 Å². The highest BCUT2D eigenvalue weighted by Crippen LogP contribution is 2.43. The van der Waals surface area contributed by atoms with Crippen molar-refractivity contribution in [3.8, 4) is 0 Å². The third-order valence-electron chi connectivity index (χ3n) is 9.92. The van der Waals surface area contributed by atoms with Crippen molar-refractivity contribution in [1.29, 1.82) is 0 Å². The van der Waals surface area contributed by atoms with E-state index in [-0.39, 0.29) is 24.2 Å². The van der Waals surface area contributed by atoms with E-state index in [0.717, 1.165) is 50.1 Å². The van der Waals surface area contributed by atoms with Crippen LogP contribution < -0.4 is 25.7 Å². The third kappa shape index (κ3) is 5.14. The molecule has 50 heavy (non-hydrogen) atoms. The van der Waals surface area contributed by atoms with E-state index in [1.165, 1.54) is 0 Å². The van der Waals surface area contributed by atoms with E-state index in [0.29, 0.717) is 0 Å². The summed E-state index contributed by atoms with van der Waals surface area (Å²) in [5, 5.41) is 2.37. The summed E-state index contributed by atoms with van der Waals surface area (Å²) in [4.78, 5) is 14.9. The van der Waals surface area contributed by atoms with Crippen molar-refractivity contribution in [3.05, 3.63) is 199 Å². The Labute approximate surface area is 293 Å². The monoisotopic (exact) mass is 666 g/mol. The van der Waals surface area contributed by atoms with Crippen molar-refractivity contribution >= 4 is 46.1 Å². The lowest BCUT2D eigenvalue weighted by molar-refractivity contribution is 0.592. The minimum Gasteiger partial charge on any atom is -0.317 e. The molecule has 2 aliphatic carbocycles. The van der Waals surface area contributed by atoms with E-state index >= 15 is 4.57 Å². The molecular formula is C44H35N4OP. The first-order valence-corrected chi connectivity index (χ1v) is 18.8. The normalized spacial score (nSPS) is 22.9. The number of nitrogens with zero attached hydrogens (tertiary/aromatic N) is 4. The number of anilines is 2. The topological polar surface area (TPSA) is 48.3 Å². The Kier molecular flexibility index (Phi) is 7.63. The van der Waals surface area contributed by atoms with Crippen molar-refractivity contribution in [2.24, 2.45) is 9.98 Å². The van der Waals surface area contributed by atoms with Gasteiger partial charge in [0, 0.05) is 38.4 Å². The summed E-state index contributed by atoms with van der Waals surface area (Å²) in [7, 11) is -3.23. The standard InChI is InChI=1S/C44H35N4OP/c49-50(36-18-8-3-9-19-36,37-28-24-32(25-29-37)43-45-39-20-10-12-22-41(39)47(43)34-14-4-1-5-15-34)38-30-26-33(27-31-38)44-46-40-21-11-13-23-42(40)48(44)35-16-6-2-7-17-35/h1-31,39-42H. The smallest absolute Gasteiger partial charge is 0.171 e. The van der Waals surface area contributed by atoms with Crippen LogP contribution in [0, 0.1) is 0 Å². The van der Waals surface area contributed by atoms with Crippen LogP contribution in [0.3, 0.4) is 0 Å². The van der Waals surface area contributed by atoms with E-state index in [2.05, 4.69) is 131 Å². The fraction of sp³-hybridized carbons (Fsp3) is 0.0909. The molecule has 4 aliphatic rings. The summed E-state index contributed by atoms with van der Waals surface area (Å²) < 4.78 is 15.5. The molecule has 5 aromatic rings. The maximum atomic E-state index is 15.5. The van der Waals surface area contributed by atoms with E-state index < -0.39 is 7.14 Å². The molecule has 5 nitrogen and oxygen atoms in total. The molecule has 5 aromatic carbocycles. The number of benzene rings is 5. The van der Waals surface area contributed by atoms with Gasteiger partial charge in [-0.2, -0.15) is 0 Å². The Bertz CT molecular complexity index is 2120. The molecule has 0 bridgehead atoms. The molecule has 242 valence electrons. The van der Waals surface area contributed by atoms with Gasteiger partial charge in [0.15, 0.2) is 7.14 Å². The second-order valence-electron chi connectivity index (χ2n) is 12.9. The van der Waals surface area contributed by atoms with Crippen LogP contribution >= 0.6 is 7.14 Å². The lowest BCUT2D eigenvalue weighted by atomic mass is 10.0. The molecular weight excluding hydrogens is 631 g/mol. The highest BCUT2D eigenvalue weighted by Gasteiger charge is 2.38. The summed E-state index contributed by atoms with van der Waals surface area (Å²) in [5.74, 6) is 1.83. The van der Waals surface area contributed by atoms with Gasteiger partial charge >= 0.3 is 0 Å². The number of fused-ring (bicyclic) bond motifs is 2. The van der Waals surface area contributed by atoms with E-state index in [9.17, 15) is 0 Å². The van der Waals surface area contributed by atoms with Crippen LogP contribution in [0.1, 0.15) is 11.1 Å². The van der Waals surface area contributed by atoms with Gasteiger partial charge in [0.25, 0.3) is 0 Å². The number of rotatable bonds is 7. The molecule has 2 heterocycles. The number of aliphatic imine (C=N–C) groups is 2. The molecule has 0 spiro atoms. The first kappa shape index (κ1) is 30.3. The van der Waals surface area contributed by atoms with E-state index in [1.54, 1.807) is 0 Å². The first-order valence-electron chi connectivity index (χ1n) is 17.1. The van der Waals surface area contributed by atoms with Crippen molar-refractivity contribution < 1.29 is 4.57 Å². The molecule has 6 heteroatoms. The minimum atomic E-state index is -3.23. The maximum Gasteiger partial charge on any atom is 0.171 e. The number of hydrogen-bond donors (Lipinski definition) is 0. The molecule has 0 N–H and O–H groups in total. The molecule has 4 unspecified atom stereocenters. The summed E-state index contributed by atoms with van der Waals surface area (Å²) in [6.45, 7) is 0. The lowest BCUT2D eigenvalue weighted by Gasteiger charge is -2.29. The zero-order valence-corrected chi connectivity index (χ0v) is 28.2. The molecule has 0 saturated heterocycles. The number of allylic oxidation sites excluding steroid dienone is 4. The van der Waals surface area contributed by atoms with Crippen LogP contribution in [0.4, 0.5) is 11.4 Å². The van der Waals surface area contributed by atoms with Gasteiger partial charge in [0.1, 0.15) is 11.7 Å². The van der Waals surface area contributed by atoms with Crippen LogP contribution in [-0.4, -0.2) is 35.8 Å². The Balaban J connectivity index is 1.08. The Morgan fingerprint density at radius 3 is 1.20 bits per heavy atom. The highest BCUT2D eigenvalue weighted by molar-refractivity contribution is 7.85. The zero-order chi connectivity index (χ0) is 33.5. The predicted molar refractivity (Wildman–Crippen MR) is 208 cm³/mol. The maximum absolute atomic E-state index is 15.5. The van der Waals surface area contributed by atoms with Gasteiger partial charge in [-0.3, -0.25) is 9.98 Å². The highest BCUT2D eigenvalue weighted by atomic mass is 31.2. The van der Waals surface area contributed by atoms with Crippen LogP contribution in [0.25, 0.3) is 0 Å². The minimum absolute atomic E-state index is 0.0436. The fourth-order valence-corrected chi connectivity index (χ4v) is 10.1. The lowest BCUT2D eigenvalue weighted by Crippen LogP contribution is -2.39. The zero-order valence-electron chi connectivity index (χ0n) is 27.4. The number of hydrogen-bond acceptors (Lipinski definition) is 5. The average Bonchev–Trinajstić information content (AvgIpc) is 3.78. The average molecular weight is 667 g/mol. The quantitative estimate of drug-likeness (QED) is 0.168. The van der Waals surface area contributed by atoms with Gasteiger partial charge in [-0.05, 0) is 24.3 Å². The molecule has 0 aromatic heterocycles. The summed E-state index contributed by atoms with van der Waals surface area (Å²) in [6.07, 6.45) is 17.1. The summed E-state index contributed by atoms with van der Waals surface area (Å²) >= 11 is 0. The van der Waals surface area contributed by atoms with Gasteiger partial charge in [0.2, 0.25) is 0 Å². The number of amidine groups is 2. The van der Waals surface area contributed by atoms with E-state index in [1.807, 2.05) is 66.7 Å². The van der Waals surface area contributed by atoms with Crippen LogP contribution in [-0.2, 0) is 4.57 Å². The second-order valence-corrected chi connectivity index (χ2v) is 15.6. The second kappa shape index (κ2) is 12.6. The van der Waals surface area contributed by atoms with Crippen molar-refractivity contribution in [1.82, 2.24) is 0 Å².